The summed E-state index contributed by atoms with van der Waals surface area (Å²) in [6.45, 7) is 2.46. The van der Waals surface area contributed by atoms with Crippen molar-refractivity contribution in [3.8, 4) is 0 Å². The minimum atomic E-state index is -0.964. The zero-order valence-electron chi connectivity index (χ0n) is 21.6. The molecule has 1 aromatic carbocycles. The highest BCUT2D eigenvalue weighted by Crippen LogP contribution is 2.48. The maximum Gasteiger partial charge on any atom is 0.250 e. The summed E-state index contributed by atoms with van der Waals surface area (Å²) >= 11 is 0. The second kappa shape index (κ2) is 8.91. The van der Waals surface area contributed by atoms with Gasteiger partial charge in [0.25, 0.3) is 5.56 Å². The van der Waals surface area contributed by atoms with Gasteiger partial charge in [-0.05, 0) is 55.7 Å². The van der Waals surface area contributed by atoms with E-state index in [0.29, 0.717) is 39.0 Å². The third kappa shape index (κ3) is 3.74. The van der Waals surface area contributed by atoms with Gasteiger partial charge in [-0.25, -0.2) is 5.21 Å². The molecule has 7 unspecified atom stereocenters. The molecule has 5 aliphatic rings. The summed E-state index contributed by atoms with van der Waals surface area (Å²) in [5.74, 6) is 0.262. The first-order valence-electron chi connectivity index (χ1n) is 14.2. The van der Waals surface area contributed by atoms with Crippen molar-refractivity contribution in [3.05, 3.63) is 63.2 Å². The monoisotopic (exact) mass is 520 g/mol. The molecule has 7 atom stereocenters. The molecular formula is C29H36N4O5. The van der Waals surface area contributed by atoms with Crippen LogP contribution < -0.4 is 15.7 Å². The van der Waals surface area contributed by atoms with Crippen molar-refractivity contribution < 1.29 is 20.3 Å². The summed E-state index contributed by atoms with van der Waals surface area (Å²) in [6, 6.07) is 10.8. The van der Waals surface area contributed by atoms with Gasteiger partial charge in [0, 0.05) is 73.6 Å². The van der Waals surface area contributed by atoms with Crippen molar-refractivity contribution in [2.75, 3.05) is 24.5 Å². The van der Waals surface area contributed by atoms with Gasteiger partial charge in [-0.15, -0.1) is 0 Å². The summed E-state index contributed by atoms with van der Waals surface area (Å²) in [4.78, 5) is 31.4. The van der Waals surface area contributed by atoms with Crippen LogP contribution in [-0.2, 0) is 17.8 Å². The number of aliphatic hydroxyl groups is 1. The van der Waals surface area contributed by atoms with E-state index in [1.165, 1.54) is 0 Å². The van der Waals surface area contributed by atoms with E-state index in [2.05, 4.69) is 4.90 Å². The second-order valence-corrected chi connectivity index (χ2v) is 12.3. The number of pyridine rings is 1. The molecule has 9 heteroatoms. The number of nitrogens with one attached hydrogen (secondary N) is 1. The number of piperidine rings is 2. The summed E-state index contributed by atoms with van der Waals surface area (Å²) in [6.07, 6.45) is 5.99. The maximum absolute atomic E-state index is 14.3. The first kappa shape index (κ1) is 24.3. The average molecular weight is 521 g/mol. The van der Waals surface area contributed by atoms with Crippen LogP contribution >= 0.6 is 0 Å². The van der Waals surface area contributed by atoms with Crippen molar-refractivity contribution >= 4 is 17.3 Å². The fourth-order valence-corrected chi connectivity index (χ4v) is 8.48. The first-order valence-corrected chi connectivity index (χ1v) is 14.2. The fourth-order valence-electron chi connectivity index (χ4n) is 8.48. The molecule has 1 aliphatic carbocycles. The van der Waals surface area contributed by atoms with E-state index in [1.54, 1.807) is 18.2 Å². The zero-order valence-corrected chi connectivity index (χ0v) is 21.6. The van der Waals surface area contributed by atoms with Crippen molar-refractivity contribution in [2.45, 2.75) is 69.1 Å². The lowest BCUT2D eigenvalue weighted by Gasteiger charge is -2.55. The Balaban J connectivity index is 1.26. The molecule has 2 bridgehead atoms. The van der Waals surface area contributed by atoms with Gasteiger partial charge in [-0.2, -0.15) is 5.23 Å². The number of hydrogen-bond acceptors (Lipinski definition) is 6. The number of amides is 1. The topological polar surface area (TPSA) is 114 Å². The lowest BCUT2D eigenvalue weighted by molar-refractivity contribution is -0.991. The number of fused-ring (bicyclic) bond motifs is 9. The number of carbonyl (C=O) groups is 1. The van der Waals surface area contributed by atoms with E-state index >= 15 is 0 Å². The molecule has 1 saturated carbocycles. The molecule has 202 valence electrons. The Morgan fingerprint density at radius 3 is 2.82 bits per heavy atom. The number of anilines is 1. The minimum Gasteiger partial charge on any atom is -0.595 e. The van der Waals surface area contributed by atoms with Crippen LogP contribution in [0.5, 0.6) is 0 Å². The third-order valence-electron chi connectivity index (χ3n) is 10.3. The molecule has 4 aliphatic heterocycles. The molecule has 3 N–H and O–H groups in total. The van der Waals surface area contributed by atoms with Crippen LogP contribution in [0.4, 0.5) is 11.4 Å². The smallest absolute Gasteiger partial charge is 0.250 e. The van der Waals surface area contributed by atoms with Gasteiger partial charge >= 0.3 is 0 Å². The van der Waals surface area contributed by atoms with Crippen LogP contribution in [0.3, 0.4) is 0 Å². The Bertz CT molecular complexity index is 1330. The van der Waals surface area contributed by atoms with Crippen molar-refractivity contribution in [1.29, 1.82) is 0 Å². The van der Waals surface area contributed by atoms with Gasteiger partial charge in [0.2, 0.25) is 5.91 Å². The standard InChI is InChI=1S/C29H36N4O5/c34-26-6-3-5-24-19-12-20(16-31(24)26)27-23(14-18-13-22(33(37)38)7-8-25(18)32(27)15-19)28(35)30-11-10-29(36)9-2-1-4-21(29)17-30/h3,5-8,13,19-21,23,27,33,36-37H,1-2,4,9-12,14-17H2. The number of benzene rings is 1. The van der Waals surface area contributed by atoms with Crippen LogP contribution in [0, 0.1) is 23.0 Å². The summed E-state index contributed by atoms with van der Waals surface area (Å²) in [5.41, 5.74) is 2.60. The van der Waals surface area contributed by atoms with Crippen LogP contribution in [0.25, 0.3) is 0 Å². The second-order valence-electron chi connectivity index (χ2n) is 12.3. The number of rotatable bonds is 2. The van der Waals surface area contributed by atoms with E-state index in [0.717, 1.165) is 49.0 Å². The van der Waals surface area contributed by atoms with E-state index in [4.69, 9.17) is 0 Å². The van der Waals surface area contributed by atoms with E-state index in [9.17, 15) is 25.1 Å². The molecule has 7 rings (SSSR count). The average Bonchev–Trinajstić information content (AvgIpc) is 2.92. The van der Waals surface area contributed by atoms with Gasteiger partial charge < -0.3 is 24.7 Å². The minimum absolute atomic E-state index is 0.0171. The Morgan fingerprint density at radius 1 is 1.11 bits per heavy atom. The van der Waals surface area contributed by atoms with Crippen LogP contribution in [-0.4, -0.2) is 57.0 Å². The number of nitrogens with zero attached hydrogens (tertiary/aromatic N) is 3. The van der Waals surface area contributed by atoms with Crippen LogP contribution in [0.1, 0.15) is 55.7 Å². The lowest BCUT2D eigenvalue weighted by atomic mass is 9.68. The van der Waals surface area contributed by atoms with Gasteiger partial charge in [0.05, 0.1) is 11.5 Å². The van der Waals surface area contributed by atoms with E-state index < -0.39 is 10.8 Å². The van der Waals surface area contributed by atoms with Crippen molar-refractivity contribution in [3.63, 3.8) is 0 Å². The molecular weight excluding hydrogens is 484 g/mol. The molecule has 3 fully saturated rings. The Morgan fingerprint density at radius 2 is 1.97 bits per heavy atom. The molecule has 1 amide bonds. The maximum atomic E-state index is 14.3. The Hall–Kier alpha value is -2.72. The van der Waals surface area contributed by atoms with Gasteiger partial charge in [0.1, 0.15) is 0 Å². The van der Waals surface area contributed by atoms with Gasteiger partial charge in [-0.3, -0.25) is 9.59 Å². The summed E-state index contributed by atoms with van der Waals surface area (Å²) in [5, 5.41) is 31.7. The predicted molar refractivity (Wildman–Crippen MR) is 140 cm³/mol. The molecule has 2 aromatic rings. The van der Waals surface area contributed by atoms with Gasteiger partial charge in [0.15, 0.2) is 5.69 Å². The highest BCUT2D eigenvalue weighted by atomic mass is 16.8. The fraction of sp³-hybridized carbons (Fsp3) is 0.586. The number of hydrogen-bond donors (Lipinski definition) is 3. The molecule has 38 heavy (non-hydrogen) atoms. The predicted octanol–water partition coefficient (Wildman–Crippen LogP) is 1.57. The normalized spacial score (nSPS) is 34.4. The quantitative estimate of drug-likeness (QED) is 0.518. The third-order valence-corrected chi connectivity index (χ3v) is 10.3. The number of carbonyl (C=O) groups excluding carboxylic acids is 1. The molecule has 9 nitrogen and oxygen atoms in total. The van der Waals surface area contributed by atoms with E-state index in [1.807, 2.05) is 27.7 Å². The van der Waals surface area contributed by atoms with Crippen LogP contribution in [0.2, 0.25) is 0 Å². The summed E-state index contributed by atoms with van der Waals surface area (Å²) in [7, 11) is 0. The summed E-state index contributed by atoms with van der Waals surface area (Å²) < 4.78 is 1.91. The molecule has 1 aromatic heterocycles. The van der Waals surface area contributed by atoms with E-state index in [-0.39, 0.29) is 46.9 Å². The molecule has 0 spiro atoms. The Kier molecular flexibility index (Phi) is 5.70. The SMILES string of the molecule is O=C(C1Cc2cc([NH+]([O-])O)ccc2N2CC3CC(Cn4c3cccc4=O)C12)N1CCC2(O)CCCCC2C1. The highest BCUT2D eigenvalue weighted by Gasteiger charge is 2.51. The first-order chi connectivity index (χ1) is 18.3. The number of quaternary nitrogens is 1. The van der Waals surface area contributed by atoms with Crippen molar-refractivity contribution in [1.82, 2.24) is 9.47 Å². The van der Waals surface area contributed by atoms with Crippen LogP contribution in [0.15, 0.2) is 41.2 Å². The molecule has 5 heterocycles. The number of likely N-dealkylation sites (tertiary alicyclic amines) is 1. The lowest BCUT2D eigenvalue weighted by Crippen LogP contribution is -2.99. The highest BCUT2D eigenvalue weighted by molar-refractivity contribution is 5.83. The Labute approximate surface area is 221 Å². The largest absolute Gasteiger partial charge is 0.595 e. The van der Waals surface area contributed by atoms with Gasteiger partial charge in [-0.1, -0.05) is 18.9 Å². The molecule has 2 saturated heterocycles. The van der Waals surface area contributed by atoms with Crippen molar-refractivity contribution in [2.24, 2.45) is 17.8 Å². The number of aromatic nitrogens is 1. The molecule has 0 radical (unpaired) electrons. The zero-order chi connectivity index (χ0) is 26.2.